The van der Waals surface area contributed by atoms with E-state index in [-0.39, 0.29) is 24.4 Å². The van der Waals surface area contributed by atoms with Crippen LogP contribution < -0.4 is 0 Å². The van der Waals surface area contributed by atoms with Crippen molar-refractivity contribution in [2.24, 2.45) is 0 Å². The third-order valence-corrected chi connectivity index (χ3v) is 3.04. The number of carbonyl (C=O) groups is 4. The van der Waals surface area contributed by atoms with Crippen LogP contribution in [0, 0.1) is 0 Å². The van der Waals surface area contributed by atoms with Crippen LogP contribution in [0.25, 0.3) is 0 Å². The predicted octanol–water partition coefficient (Wildman–Crippen LogP) is 1.67. The van der Waals surface area contributed by atoms with Crippen molar-refractivity contribution in [3.63, 3.8) is 0 Å². The number of ketones is 2. The first-order valence-electron chi connectivity index (χ1n) is 7.20. The van der Waals surface area contributed by atoms with Crippen molar-refractivity contribution < 1.29 is 28.7 Å². The second-order valence-corrected chi connectivity index (χ2v) is 5.17. The van der Waals surface area contributed by atoms with Gasteiger partial charge in [-0.25, -0.2) is 9.59 Å². The van der Waals surface area contributed by atoms with Gasteiger partial charge in [-0.2, -0.15) is 0 Å². The first kappa shape index (κ1) is 17.8. The van der Waals surface area contributed by atoms with Gasteiger partial charge in [-0.05, 0) is 38.8 Å². The summed E-state index contributed by atoms with van der Waals surface area (Å²) in [5, 5.41) is 0. The van der Waals surface area contributed by atoms with Gasteiger partial charge in [-0.15, -0.1) is 0 Å². The van der Waals surface area contributed by atoms with E-state index in [4.69, 9.17) is 9.47 Å². The molecule has 1 aliphatic heterocycles. The smallest absolute Gasteiger partial charge is 0.331 e. The molecule has 0 bridgehead atoms. The van der Waals surface area contributed by atoms with Crippen LogP contribution in [0.4, 0.5) is 0 Å². The van der Waals surface area contributed by atoms with E-state index in [0.717, 1.165) is 24.3 Å². The SMILES string of the molecule is CC1CCC(=O)/C=C/C(=O)OC(C)CCC(=O)/C=C\C(=O)O1. The number of rotatable bonds is 0. The number of cyclic esters (lactones) is 2. The van der Waals surface area contributed by atoms with Gasteiger partial charge < -0.3 is 9.47 Å². The fraction of sp³-hybridized carbons (Fsp3) is 0.500. The molecule has 0 amide bonds. The summed E-state index contributed by atoms with van der Waals surface area (Å²) in [5.74, 6) is -1.72. The summed E-state index contributed by atoms with van der Waals surface area (Å²) in [5.41, 5.74) is 0. The maximum Gasteiger partial charge on any atom is 0.331 e. The Hall–Kier alpha value is -2.24. The van der Waals surface area contributed by atoms with Crippen molar-refractivity contribution in [3.8, 4) is 0 Å². The van der Waals surface area contributed by atoms with Crippen molar-refractivity contribution in [2.75, 3.05) is 0 Å². The lowest BCUT2D eigenvalue weighted by atomic mass is 10.1. The maximum absolute atomic E-state index is 11.6. The lowest BCUT2D eigenvalue weighted by Crippen LogP contribution is -2.16. The van der Waals surface area contributed by atoms with Gasteiger partial charge in [0.2, 0.25) is 0 Å². The molecule has 120 valence electrons. The molecule has 0 saturated carbocycles. The number of hydrogen-bond donors (Lipinski definition) is 0. The van der Waals surface area contributed by atoms with Gasteiger partial charge in [-0.3, -0.25) is 9.59 Å². The van der Waals surface area contributed by atoms with Crippen LogP contribution in [-0.4, -0.2) is 35.7 Å². The monoisotopic (exact) mass is 308 g/mol. The molecule has 0 saturated heterocycles. The molecule has 0 aromatic carbocycles. The van der Waals surface area contributed by atoms with E-state index >= 15 is 0 Å². The van der Waals surface area contributed by atoms with Gasteiger partial charge in [0.25, 0.3) is 0 Å². The first-order chi connectivity index (χ1) is 10.4. The molecule has 1 aliphatic rings. The minimum absolute atomic E-state index is 0.149. The highest BCUT2D eigenvalue weighted by Gasteiger charge is 2.12. The fourth-order valence-electron chi connectivity index (χ4n) is 1.77. The van der Waals surface area contributed by atoms with E-state index in [1.165, 1.54) is 0 Å². The van der Waals surface area contributed by atoms with Gasteiger partial charge in [0.05, 0.1) is 12.2 Å². The highest BCUT2D eigenvalue weighted by atomic mass is 16.5. The molecule has 2 unspecified atom stereocenters. The Morgan fingerprint density at radius 1 is 0.727 bits per heavy atom. The molecule has 2 atom stereocenters. The van der Waals surface area contributed by atoms with Crippen LogP contribution in [0.5, 0.6) is 0 Å². The molecule has 0 aromatic rings. The first-order valence-corrected chi connectivity index (χ1v) is 7.20. The molecule has 1 rings (SSSR count). The highest BCUT2D eigenvalue weighted by Crippen LogP contribution is 2.07. The standard InChI is InChI=1S/C16H20O6/c1-11-3-5-13(17)8-10-16(20)22-12(2)4-6-14(18)7-9-15(19)21-11/h7-12H,3-6H2,1-2H3/b9-7-,10-8+. The number of ether oxygens (including phenoxy) is 2. The number of allylic oxidation sites excluding steroid dienone is 2. The molecule has 22 heavy (non-hydrogen) atoms. The molecule has 0 spiro atoms. The fourth-order valence-corrected chi connectivity index (χ4v) is 1.77. The van der Waals surface area contributed by atoms with E-state index in [0.29, 0.717) is 12.8 Å². The minimum atomic E-state index is -0.615. The summed E-state index contributed by atoms with van der Waals surface area (Å²) < 4.78 is 10.1. The van der Waals surface area contributed by atoms with Crippen LogP contribution in [0.1, 0.15) is 39.5 Å². The van der Waals surface area contributed by atoms with Gasteiger partial charge in [0.15, 0.2) is 11.6 Å². The Morgan fingerprint density at radius 3 is 1.45 bits per heavy atom. The van der Waals surface area contributed by atoms with Crippen LogP contribution >= 0.6 is 0 Å². The third-order valence-electron chi connectivity index (χ3n) is 3.04. The normalized spacial score (nSPS) is 28.6. The summed E-state index contributed by atoms with van der Waals surface area (Å²) in [4.78, 5) is 46.1. The van der Waals surface area contributed by atoms with Crippen molar-refractivity contribution >= 4 is 23.5 Å². The summed E-state index contributed by atoms with van der Waals surface area (Å²) in [6.45, 7) is 3.31. The molecule has 0 N–H and O–H groups in total. The Morgan fingerprint density at radius 2 is 1.09 bits per heavy atom. The highest BCUT2D eigenvalue weighted by molar-refractivity contribution is 5.96. The Balaban J connectivity index is 2.75. The third kappa shape index (κ3) is 7.52. The molecule has 6 heteroatoms. The van der Waals surface area contributed by atoms with Gasteiger partial charge in [0, 0.05) is 25.0 Å². The van der Waals surface area contributed by atoms with Crippen LogP contribution in [0.15, 0.2) is 24.3 Å². The zero-order valence-electron chi connectivity index (χ0n) is 12.7. The van der Waals surface area contributed by atoms with E-state index in [1.54, 1.807) is 13.8 Å². The minimum Gasteiger partial charge on any atom is -0.459 e. The average Bonchev–Trinajstić information content (AvgIpc) is 2.46. The lowest BCUT2D eigenvalue weighted by molar-refractivity contribution is -0.143. The van der Waals surface area contributed by atoms with Gasteiger partial charge >= 0.3 is 11.9 Å². The van der Waals surface area contributed by atoms with Crippen molar-refractivity contribution in [1.82, 2.24) is 0 Å². The van der Waals surface area contributed by atoms with Crippen LogP contribution in [0.2, 0.25) is 0 Å². The molecule has 6 nitrogen and oxygen atoms in total. The van der Waals surface area contributed by atoms with Crippen LogP contribution in [0.3, 0.4) is 0 Å². The Kier molecular flexibility index (Phi) is 7.22. The molecule has 0 radical (unpaired) electrons. The van der Waals surface area contributed by atoms with Crippen LogP contribution in [-0.2, 0) is 28.7 Å². The summed E-state index contributed by atoms with van der Waals surface area (Å²) in [6, 6.07) is 0. The molecular weight excluding hydrogens is 288 g/mol. The Bertz CT molecular complexity index is 457. The van der Waals surface area contributed by atoms with E-state index in [1.807, 2.05) is 0 Å². The lowest BCUT2D eigenvalue weighted by Gasteiger charge is -2.12. The summed E-state index contributed by atoms with van der Waals surface area (Å²) >= 11 is 0. The van der Waals surface area contributed by atoms with Gasteiger partial charge in [0.1, 0.15) is 0 Å². The predicted molar refractivity (Wildman–Crippen MR) is 77.9 cm³/mol. The largest absolute Gasteiger partial charge is 0.459 e. The zero-order valence-corrected chi connectivity index (χ0v) is 12.7. The average molecular weight is 308 g/mol. The van der Waals surface area contributed by atoms with Crippen molar-refractivity contribution in [3.05, 3.63) is 24.3 Å². The van der Waals surface area contributed by atoms with E-state index in [2.05, 4.69) is 0 Å². The maximum atomic E-state index is 11.6. The van der Waals surface area contributed by atoms with E-state index in [9.17, 15) is 19.2 Å². The van der Waals surface area contributed by atoms with E-state index < -0.39 is 24.1 Å². The number of esters is 2. The number of hydrogen-bond acceptors (Lipinski definition) is 6. The second kappa shape index (κ2) is 8.92. The second-order valence-electron chi connectivity index (χ2n) is 5.17. The molecular formula is C16H20O6. The number of carbonyl (C=O) groups excluding carboxylic acids is 4. The Labute approximate surface area is 129 Å². The molecule has 0 aliphatic carbocycles. The quantitative estimate of drug-likeness (QED) is 0.633. The molecule has 1 heterocycles. The topological polar surface area (TPSA) is 86.7 Å². The van der Waals surface area contributed by atoms with Crippen molar-refractivity contribution in [1.29, 1.82) is 0 Å². The summed E-state index contributed by atoms with van der Waals surface area (Å²) in [6.07, 6.45) is 4.51. The zero-order chi connectivity index (χ0) is 16.5. The van der Waals surface area contributed by atoms with Crippen molar-refractivity contribution in [2.45, 2.75) is 51.7 Å². The molecule has 0 fully saturated rings. The molecule has 0 aromatic heterocycles. The van der Waals surface area contributed by atoms with Gasteiger partial charge in [-0.1, -0.05) is 0 Å². The summed E-state index contributed by atoms with van der Waals surface area (Å²) in [7, 11) is 0.